The van der Waals surface area contributed by atoms with E-state index in [1.54, 1.807) is 7.11 Å². The zero-order valence-corrected chi connectivity index (χ0v) is 12.8. The van der Waals surface area contributed by atoms with Gasteiger partial charge in [0, 0.05) is 29.2 Å². The SMILES string of the molecule is COc1ccc(Cl)cc1CNC1CCN2CCCC2C1. The summed E-state index contributed by atoms with van der Waals surface area (Å²) in [6.07, 6.45) is 5.28. The van der Waals surface area contributed by atoms with Crippen LogP contribution in [0.4, 0.5) is 0 Å². The molecular weight excluding hydrogens is 272 g/mol. The molecule has 2 aliphatic rings. The van der Waals surface area contributed by atoms with Crippen LogP contribution in [-0.4, -0.2) is 37.2 Å². The quantitative estimate of drug-likeness (QED) is 0.924. The molecule has 1 N–H and O–H groups in total. The molecule has 3 nitrogen and oxygen atoms in total. The van der Waals surface area contributed by atoms with Crippen molar-refractivity contribution in [2.24, 2.45) is 0 Å². The van der Waals surface area contributed by atoms with E-state index >= 15 is 0 Å². The van der Waals surface area contributed by atoms with Gasteiger partial charge in [0.2, 0.25) is 0 Å². The van der Waals surface area contributed by atoms with Crippen LogP contribution in [0.25, 0.3) is 0 Å². The van der Waals surface area contributed by atoms with E-state index in [0.29, 0.717) is 6.04 Å². The maximum Gasteiger partial charge on any atom is 0.123 e. The zero-order chi connectivity index (χ0) is 13.9. The predicted molar refractivity (Wildman–Crippen MR) is 82.5 cm³/mol. The van der Waals surface area contributed by atoms with Gasteiger partial charge in [0.15, 0.2) is 0 Å². The Morgan fingerprint density at radius 3 is 3.10 bits per heavy atom. The largest absolute Gasteiger partial charge is 0.496 e. The summed E-state index contributed by atoms with van der Waals surface area (Å²) in [6, 6.07) is 7.25. The topological polar surface area (TPSA) is 24.5 Å². The second-order valence-electron chi connectivity index (χ2n) is 5.89. The van der Waals surface area contributed by atoms with Gasteiger partial charge in [-0.2, -0.15) is 0 Å². The van der Waals surface area contributed by atoms with E-state index < -0.39 is 0 Å². The summed E-state index contributed by atoms with van der Waals surface area (Å²) in [4.78, 5) is 2.65. The molecule has 0 radical (unpaired) electrons. The lowest BCUT2D eigenvalue weighted by Gasteiger charge is -2.35. The van der Waals surface area contributed by atoms with Gasteiger partial charge < -0.3 is 15.0 Å². The molecule has 1 aromatic carbocycles. The average Bonchev–Trinajstić information content (AvgIpc) is 2.92. The summed E-state index contributed by atoms with van der Waals surface area (Å²) >= 11 is 6.08. The molecule has 0 aliphatic carbocycles. The molecule has 2 fully saturated rings. The van der Waals surface area contributed by atoms with Crippen molar-refractivity contribution in [3.8, 4) is 5.75 Å². The number of fused-ring (bicyclic) bond motifs is 1. The van der Waals surface area contributed by atoms with E-state index in [1.807, 2.05) is 18.2 Å². The minimum atomic E-state index is 0.623. The molecule has 0 saturated carbocycles. The van der Waals surface area contributed by atoms with E-state index in [4.69, 9.17) is 16.3 Å². The van der Waals surface area contributed by atoms with Crippen molar-refractivity contribution in [2.75, 3.05) is 20.2 Å². The van der Waals surface area contributed by atoms with Gasteiger partial charge in [-0.25, -0.2) is 0 Å². The van der Waals surface area contributed by atoms with Crippen molar-refractivity contribution in [2.45, 2.75) is 44.3 Å². The van der Waals surface area contributed by atoms with Gasteiger partial charge in [0.05, 0.1) is 7.11 Å². The van der Waals surface area contributed by atoms with E-state index in [-0.39, 0.29) is 0 Å². The van der Waals surface area contributed by atoms with Gasteiger partial charge in [-0.3, -0.25) is 0 Å². The number of halogens is 1. The fourth-order valence-corrected chi connectivity index (χ4v) is 3.74. The lowest BCUT2D eigenvalue weighted by atomic mass is 9.97. The third-order valence-corrected chi connectivity index (χ3v) is 4.88. The normalized spacial score (nSPS) is 26.5. The van der Waals surface area contributed by atoms with Crippen LogP contribution in [0.5, 0.6) is 5.75 Å². The summed E-state index contributed by atoms with van der Waals surface area (Å²) in [6.45, 7) is 3.38. The Labute approximate surface area is 126 Å². The molecule has 1 aromatic rings. The Balaban J connectivity index is 1.58. The van der Waals surface area contributed by atoms with E-state index in [1.165, 1.54) is 38.8 Å². The van der Waals surface area contributed by atoms with Crippen LogP contribution in [-0.2, 0) is 6.54 Å². The number of methoxy groups -OCH3 is 1. The summed E-state index contributed by atoms with van der Waals surface area (Å²) in [5, 5.41) is 4.46. The molecule has 0 aromatic heterocycles. The first-order chi connectivity index (χ1) is 9.76. The number of hydrogen-bond acceptors (Lipinski definition) is 3. The van der Waals surface area contributed by atoms with Crippen LogP contribution >= 0.6 is 11.6 Å². The summed E-state index contributed by atoms with van der Waals surface area (Å²) in [7, 11) is 1.71. The molecule has 110 valence electrons. The first kappa shape index (κ1) is 14.2. The van der Waals surface area contributed by atoms with Gasteiger partial charge in [-0.1, -0.05) is 11.6 Å². The molecule has 2 heterocycles. The Hall–Kier alpha value is -0.770. The fourth-order valence-electron chi connectivity index (χ4n) is 3.55. The van der Waals surface area contributed by atoms with Gasteiger partial charge >= 0.3 is 0 Å². The Morgan fingerprint density at radius 1 is 1.35 bits per heavy atom. The molecule has 3 rings (SSSR count). The number of piperidine rings is 1. The first-order valence-electron chi connectivity index (χ1n) is 7.56. The molecule has 2 unspecified atom stereocenters. The molecule has 2 saturated heterocycles. The monoisotopic (exact) mass is 294 g/mol. The smallest absolute Gasteiger partial charge is 0.123 e. The van der Waals surface area contributed by atoms with Gasteiger partial charge in [-0.05, 0) is 57.0 Å². The zero-order valence-electron chi connectivity index (χ0n) is 12.1. The lowest BCUT2D eigenvalue weighted by Crippen LogP contribution is -2.45. The van der Waals surface area contributed by atoms with E-state index in [9.17, 15) is 0 Å². The highest BCUT2D eigenvalue weighted by Crippen LogP contribution is 2.28. The molecular formula is C16H23ClN2O. The average molecular weight is 295 g/mol. The van der Waals surface area contributed by atoms with Crippen molar-refractivity contribution in [3.63, 3.8) is 0 Å². The number of benzene rings is 1. The van der Waals surface area contributed by atoms with Crippen LogP contribution in [0.3, 0.4) is 0 Å². The molecule has 2 aliphatic heterocycles. The highest BCUT2D eigenvalue weighted by atomic mass is 35.5. The molecule has 0 amide bonds. The molecule has 0 spiro atoms. The molecule has 0 bridgehead atoms. The van der Waals surface area contributed by atoms with Gasteiger partial charge in [-0.15, -0.1) is 0 Å². The van der Waals surface area contributed by atoms with E-state index in [0.717, 1.165) is 28.9 Å². The third kappa shape index (κ3) is 3.11. The summed E-state index contributed by atoms with van der Waals surface area (Å²) in [5.41, 5.74) is 1.15. The maximum atomic E-state index is 6.08. The van der Waals surface area contributed by atoms with Crippen LogP contribution in [0.2, 0.25) is 5.02 Å². The van der Waals surface area contributed by atoms with Gasteiger partial charge in [0.25, 0.3) is 0 Å². The summed E-state index contributed by atoms with van der Waals surface area (Å²) in [5.74, 6) is 0.917. The standard InChI is InChI=1S/C16H23ClN2O/c1-20-16-5-4-13(17)9-12(16)11-18-14-6-8-19-7-2-3-15(19)10-14/h4-5,9,14-15,18H,2-3,6-8,10-11H2,1H3. The summed E-state index contributed by atoms with van der Waals surface area (Å²) < 4.78 is 5.40. The number of nitrogens with one attached hydrogen (secondary N) is 1. The predicted octanol–water partition coefficient (Wildman–Crippen LogP) is 3.07. The fraction of sp³-hybridized carbons (Fsp3) is 0.625. The minimum Gasteiger partial charge on any atom is -0.496 e. The van der Waals surface area contributed by atoms with Crippen molar-refractivity contribution in [3.05, 3.63) is 28.8 Å². The minimum absolute atomic E-state index is 0.623. The van der Waals surface area contributed by atoms with Crippen molar-refractivity contribution in [1.29, 1.82) is 0 Å². The Morgan fingerprint density at radius 2 is 2.25 bits per heavy atom. The molecule has 2 atom stereocenters. The molecule has 20 heavy (non-hydrogen) atoms. The number of nitrogens with zero attached hydrogens (tertiary/aromatic N) is 1. The highest BCUT2D eigenvalue weighted by Gasteiger charge is 2.31. The second kappa shape index (κ2) is 6.33. The number of ether oxygens (including phenoxy) is 1. The van der Waals surface area contributed by atoms with Crippen LogP contribution < -0.4 is 10.1 Å². The second-order valence-corrected chi connectivity index (χ2v) is 6.33. The first-order valence-corrected chi connectivity index (χ1v) is 7.94. The third-order valence-electron chi connectivity index (χ3n) is 4.64. The van der Waals surface area contributed by atoms with E-state index in [2.05, 4.69) is 10.2 Å². The van der Waals surface area contributed by atoms with Crippen LogP contribution in [0, 0.1) is 0 Å². The van der Waals surface area contributed by atoms with Crippen LogP contribution in [0.1, 0.15) is 31.2 Å². The Kier molecular flexibility index (Phi) is 4.49. The Bertz CT molecular complexity index is 466. The lowest BCUT2D eigenvalue weighted by molar-refractivity contribution is 0.166. The maximum absolute atomic E-state index is 6.08. The van der Waals surface area contributed by atoms with Crippen molar-refractivity contribution in [1.82, 2.24) is 10.2 Å². The van der Waals surface area contributed by atoms with Crippen molar-refractivity contribution < 1.29 is 4.74 Å². The van der Waals surface area contributed by atoms with Gasteiger partial charge in [0.1, 0.15) is 5.75 Å². The number of hydrogen-bond donors (Lipinski definition) is 1. The molecule has 4 heteroatoms. The van der Waals surface area contributed by atoms with Crippen LogP contribution in [0.15, 0.2) is 18.2 Å². The highest BCUT2D eigenvalue weighted by molar-refractivity contribution is 6.30. The van der Waals surface area contributed by atoms with Crippen molar-refractivity contribution >= 4 is 11.6 Å². The number of rotatable bonds is 4.